The van der Waals surface area contributed by atoms with E-state index in [1.54, 1.807) is 0 Å². The number of hydrogen-bond donors (Lipinski definition) is 0. The molecule has 1 amide bonds. The largest absolute Gasteiger partial charge is 0.450 e. The van der Waals surface area contributed by atoms with Crippen LogP contribution in [0.2, 0.25) is 25.7 Å². The molecule has 0 saturated carbocycles. The van der Waals surface area contributed by atoms with E-state index in [1.165, 1.54) is 5.56 Å². The van der Waals surface area contributed by atoms with E-state index in [2.05, 4.69) is 80.3 Å². The van der Waals surface area contributed by atoms with Gasteiger partial charge in [0.05, 0.1) is 26.0 Å². The molecule has 0 radical (unpaired) electrons. The molecular weight excluding hydrogens is 549 g/mol. The van der Waals surface area contributed by atoms with Gasteiger partial charge in [0.1, 0.15) is 0 Å². The van der Waals surface area contributed by atoms with Crippen molar-refractivity contribution >= 4 is 33.9 Å². The Hall–Kier alpha value is -2.44. The Bertz CT molecular complexity index is 1170. The highest BCUT2D eigenvalue weighted by Gasteiger charge is 2.34. The van der Waals surface area contributed by atoms with Gasteiger partial charge in [0.2, 0.25) is 0 Å². The molecule has 2 atom stereocenters. The Balaban J connectivity index is 1.78. The Morgan fingerprint density at radius 1 is 0.927 bits per heavy atom. The number of benzene rings is 2. The van der Waals surface area contributed by atoms with Crippen LogP contribution < -0.4 is 0 Å². The van der Waals surface area contributed by atoms with Gasteiger partial charge in [-0.05, 0) is 55.8 Å². The summed E-state index contributed by atoms with van der Waals surface area (Å²) in [6.07, 6.45) is 10.7. The van der Waals surface area contributed by atoms with E-state index in [1.807, 2.05) is 36.9 Å². The van der Waals surface area contributed by atoms with Gasteiger partial charge < -0.3 is 18.7 Å². The van der Waals surface area contributed by atoms with Crippen LogP contribution in [0.25, 0.3) is 12.2 Å². The average molecular weight is 598 g/mol. The van der Waals surface area contributed by atoms with Crippen molar-refractivity contribution in [2.75, 3.05) is 32.5 Å². The normalized spacial score (nSPS) is 17.6. The van der Waals surface area contributed by atoms with Crippen molar-refractivity contribution in [2.24, 2.45) is 0 Å². The van der Waals surface area contributed by atoms with Gasteiger partial charge in [-0.3, -0.25) is 4.57 Å². The highest BCUT2D eigenvalue weighted by Crippen LogP contribution is 2.48. The molecule has 0 saturated heterocycles. The predicted octanol–water partition coefficient (Wildman–Crippen LogP) is 9.09. The molecule has 1 aliphatic carbocycles. The molecule has 0 N–H and O–H groups in total. The van der Waals surface area contributed by atoms with Crippen LogP contribution in [0.3, 0.4) is 0 Å². The lowest BCUT2D eigenvalue weighted by Gasteiger charge is -2.38. The van der Waals surface area contributed by atoms with Crippen molar-refractivity contribution in [3.8, 4) is 0 Å². The van der Waals surface area contributed by atoms with E-state index in [9.17, 15) is 9.36 Å². The topological polar surface area (TPSA) is 65.1 Å². The molecule has 0 aliphatic heterocycles. The van der Waals surface area contributed by atoms with Gasteiger partial charge >= 0.3 is 13.7 Å². The van der Waals surface area contributed by atoms with Gasteiger partial charge in [0, 0.05) is 26.6 Å². The van der Waals surface area contributed by atoms with Gasteiger partial charge in [-0.15, -0.1) is 0 Å². The zero-order valence-electron chi connectivity index (χ0n) is 25.5. The van der Waals surface area contributed by atoms with Crippen molar-refractivity contribution in [2.45, 2.75) is 70.8 Å². The zero-order chi connectivity index (χ0) is 29.7. The standard InChI is InChI=1S/C33H48NO5PSi/c1-6-38-40(36,39-7-2)26-13-24-34(33(35)37-25-27-41(3,4)5)32-17-12-11-16-31(32)30-22-20-29(21-23-30)19-18-28-14-9-8-10-15-28/h8-12,14-15,18-23,31-32H,6-7,13,16-17,24-27H2,1-5H3. The van der Waals surface area contributed by atoms with E-state index in [-0.39, 0.29) is 24.2 Å². The minimum absolute atomic E-state index is 0.0522. The maximum Gasteiger partial charge on any atom is 0.410 e. The summed E-state index contributed by atoms with van der Waals surface area (Å²) in [5, 5.41) is 0. The first-order valence-corrected chi connectivity index (χ1v) is 20.4. The van der Waals surface area contributed by atoms with Crippen LogP contribution in [0, 0.1) is 0 Å². The fourth-order valence-corrected chi connectivity index (χ4v) is 7.39. The molecule has 2 unspecified atom stereocenters. The van der Waals surface area contributed by atoms with Crippen LogP contribution in [-0.2, 0) is 18.3 Å². The first kappa shape index (κ1) is 33.1. The number of carbonyl (C=O) groups excluding carboxylic acids is 1. The first-order valence-electron chi connectivity index (χ1n) is 14.9. The Morgan fingerprint density at radius 2 is 1.54 bits per heavy atom. The first-order chi connectivity index (χ1) is 19.6. The molecule has 0 aromatic heterocycles. The minimum atomic E-state index is -3.19. The molecular formula is C33H48NO5PSi. The molecule has 0 spiro atoms. The van der Waals surface area contributed by atoms with Crippen molar-refractivity contribution in [1.29, 1.82) is 0 Å². The lowest BCUT2D eigenvalue weighted by Crippen LogP contribution is -2.45. The molecule has 0 fully saturated rings. The van der Waals surface area contributed by atoms with E-state index >= 15 is 0 Å². The smallest absolute Gasteiger partial charge is 0.410 e. The SMILES string of the molecule is CCOP(=O)(CCCN(C(=O)OCC[Si](C)(C)C)C1CC=CCC1c1ccc(C=Cc2ccccc2)cc1)OCC. The van der Waals surface area contributed by atoms with Crippen LogP contribution >= 0.6 is 7.60 Å². The number of allylic oxidation sites excluding steroid dienone is 1. The lowest BCUT2D eigenvalue weighted by molar-refractivity contribution is 0.0823. The number of rotatable bonds is 15. The second-order valence-corrected chi connectivity index (χ2v) is 19.5. The maximum absolute atomic E-state index is 13.5. The Labute approximate surface area is 248 Å². The number of amides is 1. The van der Waals surface area contributed by atoms with Crippen LogP contribution in [0.15, 0.2) is 66.7 Å². The molecule has 0 bridgehead atoms. The third kappa shape index (κ3) is 11.0. The Morgan fingerprint density at radius 3 is 2.15 bits per heavy atom. The van der Waals surface area contributed by atoms with Crippen molar-refractivity contribution in [1.82, 2.24) is 4.90 Å². The van der Waals surface area contributed by atoms with E-state index in [0.717, 1.165) is 30.0 Å². The third-order valence-corrected chi connectivity index (χ3v) is 11.1. The molecule has 224 valence electrons. The summed E-state index contributed by atoms with van der Waals surface area (Å²) in [6, 6.07) is 19.8. The summed E-state index contributed by atoms with van der Waals surface area (Å²) in [5.74, 6) is 0.141. The molecule has 6 nitrogen and oxygen atoms in total. The van der Waals surface area contributed by atoms with E-state index < -0.39 is 15.7 Å². The molecule has 41 heavy (non-hydrogen) atoms. The summed E-state index contributed by atoms with van der Waals surface area (Å²) in [7, 11) is -4.54. The van der Waals surface area contributed by atoms with Gasteiger partial charge in [-0.2, -0.15) is 0 Å². The van der Waals surface area contributed by atoms with Gasteiger partial charge in [-0.25, -0.2) is 4.79 Å². The number of hydrogen-bond acceptors (Lipinski definition) is 5. The quantitative estimate of drug-likeness (QED) is 0.0887. The summed E-state index contributed by atoms with van der Waals surface area (Å²) in [5.41, 5.74) is 3.49. The van der Waals surface area contributed by atoms with Gasteiger partial charge in [0.25, 0.3) is 0 Å². The maximum atomic E-state index is 13.5. The average Bonchev–Trinajstić information content (AvgIpc) is 2.95. The summed E-state index contributed by atoms with van der Waals surface area (Å²) in [6.45, 7) is 12.0. The number of carbonyl (C=O) groups is 1. The molecule has 0 heterocycles. The fraction of sp³-hybridized carbons (Fsp3) is 0.485. The van der Waals surface area contributed by atoms with Crippen LogP contribution in [-0.4, -0.2) is 57.6 Å². The van der Waals surface area contributed by atoms with Crippen LogP contribution in [0.1, 0.15) is 55.7 Å². The van der Waals surface area contributed by atoms with Crippen LogP contribution in [0.4, 0.5) is 4.79 Å². The summed E-state index contributed by atoms with van der Waals surface area (Å²) in [4.78, 5) is 15.4. The molecule has 1 aliphatic rings. The monoisotopic (exact) mass is 597 g/mol. The third-order valence-electron chi connectivity index (χ3n) is 7.23. The minimum Gasteiger partial charge on any atom is -0.450 e. The zero-order valence-corrected chi connectivity index (χ0v) is 27.4. The van der Waals surface area contributed by atoms with E-state index in [0.29, 0.717) is 32.8 Å². The Kier molecular flexibility index (Phi) is 13.1. The van der Waals surface area contributed by atoms with E-state index in [4.69, 9.17) is 13.8 Å². The van der Waals surface area contributed by atoms with Crippen molar-refractivity contribution in [3.05, 3.63) is 83.4 Å². The molecule has 2 aromatic rings. The number of ether oxygens (including phenoxy) is 1. The predicted molar refractivity (Wildman–Crippen MR) is 173 cm³/mol. The second-order valence-electron chi connectivity index (χ2n) is 11.7. The van der Waals surface area contributed by atoms with Crippen LogP contribution in [0.5, 0.6) is 0 Å². The summed E-state index contributed by atoms with van der Waals surface area (Å²) >= 11 is 0. The van der Waals surface area contributed by atoms with Crippen molar-refractivity contribution in [3.63, 3.8) is 0 Å². The highest BCUT2D eigenvalue weighted by atomic mass is 31.2. The molecule has 3 rings (SSSR count). The molecule has 2 aromatic carbocycles. The second kappa shape index (κ2) is 16.3. The summed E-state index contributed by atoms with van der Waals surface area (Å²) < 4.78 is 29.9. The fourth-order valence-electron chi connectivity index (χ4n) is 5.03. The van der Waals surface area contributed by atoms with Crippen molar-refractivity contribution < 1.29 is 23.1 Å². The highest BCUT2D eigenvalue weighted by molar-refractivity contribution is 7.53. The molecule has 8 heteroatoms. The number of nitrogens with zero attached hydrogens (tertiary/aromatic N) is 1. The lowest BCUT2D eigenvalue weighted by atomic mass is 9.82. The van der Waals surface area contributed by atoms with Gasteiger partial charge in [0.15, 0.2) is 0 Å². The van der Waals surface area contributed by atoms with Gasteiger partial charge in [-0.1, -0.05) is 98.5 Å².